The first-order valence-electron chi connectivity index (χ1n) is 4.67. The maximum Gasteiger partial charge on any atom is 0.0464 e. The average molecular weight is 156 g/mol. The number of rotatable bonds is 1. The predicted octanol–water partition coefficient (Wildman–Crippen LogP) is 2.44. The van der Waals surface area contributed by atoms with Crippen LogP contribution in [0.15, 0.2) is 0 Å². The van der Waals surface area contributed by atoms with Crippen LogP contribution in [-0.2, 0) is 0 Å². The molecule has 0 amide bonds. The lowest BCUT2D eigenvalue weighted by molar-refractivity contribution is 0.0513. The van der Waals surface area contributed by atoms with Crippen LogP contribution >= 0.6 is 0 Å². The largest absolute Gasteiger partial charge is 0.396 e. The monoisotopic (exact) mass is 156 g/mol. The Morgan fingerprint density at radius 1 is 1.36 bits per heavy atom. The zero-order chi connectivity index (χ0) is 8.48. The molecular formula is C10H20O. The first kappa shape index (κ1) is 9.05. The summed E-state index contributed by atoms with van der Waals surface area (Å²) in [6.45, 7) is 7.25. The number of aliphatic hydroxyl groups excluding tert-OH is 1. The Morgan fingerprint density at radius 3 is 2.45 bits per heavy atom. The molecule has 1 aliphatic carbocycles. The zero-order valence-corrected chi connectivity index (χ0v) is 7.93. The van der Waals surface area contributed by atoms with Crippen LogP contribution in [0.4, 0.5) is 0 Å². The molecule has 0 heterocycles. The van der Waals surface area contributed by atoms with Crippen molar-refractivity contribution < 1.29 is 5.11 Å². The Bertz CT molecular complexity index is 129. The van der Waals surface area contributed by atoms with Crippen molar-refractivity contribution in [3.05, 3.63) is 0 Å². The van der Waals surface area contributed by atoms with Gasteiger partial charge < -0.3 is 5.11 Å². The van der Waals surface area contributed by atoms with Crippen molar-refractivity contribution in [3.63, 3.8) is 0 Å². The highest BCUT2D eigenvalue weighted by atomic mass is 16.3. The quantitative estimate of drug-likeness (QED) is 0.618. The van der Waals surface area contributed by atoms with E-state index in [9.17, 15) is 0 Å². The summed E-state index contributed by atoms with van der Waals surface area (Å²) in [4.78, 5) is 0. The fourth-order valence-electron chi connectivity index (χ4n) is 2.38. The van der Waals surface area contributed by atoms with Crippen LogP contribution in [-0.4, -0.2) is 11.7 Å². The SMILES string of the molecule is CC1CCC(CO)C(C)(C)C1. The molecular weight excluding hydrogens is 136 g/mol. The summed E-state index contributed by atoms with van der Waals surface area (Å²) in [5.41, 5.74) is 0.367. The van der Waals surface area contributed by atoms with Crippen LogP contribution in [0.25, 0.3) is 0 Å². The Labute approximate surface area is 69.8 Å². The maximum atomic E-state index is 9.11. The minimum Gasteiger partial charge on any atom is -0.396 e. The molecule has 0 aromatic heterocycles. The van der Waals surface area contributed by atoms with E-state index in [2.05, 4.69) is 20.8 Å². The molecule has 66 valence electrons. The van der Waals surface area contributed by atoms with Crippen molar-refractivity contribution in [1.82, 2.24) is 0 Å². The first-order chi connectivity index (χ1) is 5.06. The van der Waals surface area contributed by atoms with Gasteiger partial charge in [0.2, 0.25) is 0 Å². The Morgan fingerprint density at radius 2 is 2.00 bits per heavy atom. The van der Waals surface area contributed by atoms with Crippen LogP contribution in [0.5, 0.6) is 0 Å². The second kappa shape index (κ2) is 3.14. The molecule has 0 radical (unpaired) electrons. The van der Waals surface area contributed by atoms with E-state index in [-0.39, 0.29) is 0 Å². The van der Waals surface area contributed by atoms with Gasteiger partial charge in [-0.1, -0.05) is 27.2 Å². The molecule has 1 fully saturated rings. The summed E-state index contributed by atoms with van der Waals surface area (Å²) in [5.74, 6) is 1.39. The second-order valence-corrected chi connectivity index (χ2v) is 4.75. The van der Waals surface area contributed by atoms with Crippen LogP contribution in [0, 0.1) is 17.3 Å². The molecule has 0 saturated heterocycles. The Balaban J connectivity index is 2.56. The van der Waals surface area contributed by atoms with Crippen molar-refractivity contribution in [1.29, 1.82) is 0 Å². The van der Waals surface area contributed by atoms with Crippen LogP contribution in [0.1, 0.15) is 40.0 Å². The molecule has 1 nitrogen and oxygen atoms in total. The molecule has 11 heavy (non-hydrogen) atoms. The fraction of sp³-hybridized carbons (Fsp3) is 1.00. The zero-order valence-electron chi connectivity index (χ0n) is 7.93. The number of aliphatic hydroxyl groups is 1. The predicted molar refractivity (Wildman–Crippen MR) is 47.4 cm³/mol. The summed E-state index contributed by atoms with van der Waals surface area (Å²) in [6.07, 6.45) is 3.79. The molecule has 1 saturated carbocycles. The van der Waals surface area contributed by atoms with E-state index in [0.29, 0.717) is 17.9 Å². The van der Waals surface area contributed by atoms with Gasteiger partial charge in [0.05, 0.1) is 0 Å². The molecule has 1 N–H and O–H groups in total. The van der Waals surface area contributed by atoms with Gasteiger partial charge in [0.1, 0.15) is 0 Å². The highest BCUT2D eigenvalue weighted by Crippen LogP contribution is 2.42. The van der Waals surface area contributed by atoms with Crippen LogP contribution in [0.2, 0.25) is 0 Å². The summed E-state index contributed by atoms with van der Waals surface area (Å²) in [5, 5.41) is 9.11. The topological polar surface area (TPSA) is 20.2 Å². The second-order valence-electron chi connectivity index (χ2n) is 4.75. The summed E-state index contributed by atoms with van der Waals surface area (Å²) < 4.78 is 0. The molecule has 2 unspecified atom stereocenters. The average Bonchev–Trinajstić information content (AvgIpc) is 1.85. The minimum atomic E-state index is 0.367. The first-order valence-corrected chi connectivity index (χ1v) is 4.67. The smallest absolute Gasteiger partial charge is 0.0464 e. The van der Waals surface area contributed by atoms with Gasteiger partial charge in [0, 0.05) is 6.61 Å². The standard InChI is InChI=1S/C10H20O/c1-8-4-5-9(7-11)10(2,3)6-8/h8-9,11H,4-7H2,1-3H3. The Hall–Kier alpha value is -0.0400. The van der Waals surface area contributed by atoms with Crippen LogP contribution < -0.4 is 0 Å². The van der Waals surface area contributed by atoms with Crippen molar-refractivity contribution >= 4 is 0 Å². The Kier molecular flexibility index (Phi) is 2.58. The van der Waals surface area contributed by atoms with Gasteiger partial charge in [0.15, 0.2) is 0 Å². The molecule has 0 bridgehead atoms. The fourth-order valence-corrected chi connectivity index (χ4v) is 2.38. The summed E-state index contributed by atoms with van der Waals surface area (Å²) in [6, 6.07) is 0. The van der Waals surface area contributed by atoms with Crippen molar-refractivity contribution in [2.24, 2.45) is 17.3 Å². The molecule has 0 aliphatic heterocycles. The van der Waals surface area contributed by atoms with Crippen molar-refractivity contribution in [3.8, 4) is 0 Å². The number of hydrogen-bond donors (Lipinski definition) is 1. The minimum absolute atomic E-state index is 0.367. The summed E-state index contributed by atoms with van der Waals surface area (Å²) in [7, 11) is 0. The van der Waals surface area contributed by atoms with E-state index in [0.717, 1.165) is 5.92 Å². The van der Waals surface area contributed by atoms with Gasteiger partial charge in [-0.15, -0.1) is 0 Å². The van der Waals surface area contributed by atoms with Crippen molar-refractivity contribution in [2.45, 2.75) is 40.0 Å². The van der Waals surface area contributed by atoms with Gasteiger partial charge in [-0.2, -0.15) is 0 Å². The lowest BCUT2D eigenvalue weighted by Crippen LogP contribution is -2.33. The lowest BCUT2D eigenvalue weighted by atomic mass is 9.66. The molecule has 0 aromatic carbocycles. The van der Waals surface area contributed by atoms with E-state index >= 15 is 0 Å². The highest BCUT2D eigenvalue weighted by Gasteiger charge is 2.34. The van der Waals surface area contributed by atoms with Gasteiger partial charge in [-0.3, -0.25) is 0 Å². The van der Waals surface area contributed by atoms with E-state index < -0.39 is 0 Å². The van der Waals surface area contributed by atoms with E-state index in [1.165, 1.54) is 19.3 Å². The third kappa shape index (κ3) is 1.96. The van der Waals surface area contributed by atoms with Gasteiger partial charge in [-0.05, 0) is 30.1 Å². The van der Waals surface area contributed by atoms with Gasteiger partial charge >= 0.3 is 0 Å². The van der Waals surface area contributed by atoms with Gasteiger partial charge in [0.25, 0.3) is 0 Å². The third-order valence-corrected chi connectivity index (χ3v) is 3.21. The number of hydrogen-bond acceptors (Lipinski definition) is 1. The normalized spacial score (nSPS) is 37.1. The van der Waals surface area contributed by atoms with Crippen molar-refractivity contribution in [2.75, 3.05) is 6.61 Å². The molecule has 1 aliphatic rings. The third-order valence-electron chi connectivity index (χ3n) is 3.21. The van der Waals surface area contributed by atoms with E-state index in [1.807, 2.05) is 0 Å². The molecule has 0 aromatic rings. The highest BCUT2D eigenvalue weighted by molar-refractivity contribution is 4.84. The van der Waals surface area contributed by atoms with E-state index in [4.69, 9.17) is 5.11 Å². The lowest BCUT2D eigenvalue weighted by Gasteiger charge is -2.40. The molecule has 2 atom stereocenters. The molecule has 1 heteroatoms. The van der Waals surface area contributed by atoms with Gasteiger partial charge in [-0.25, -0.2) is 0 Å². The summed E-state index contributed by atoms with van der Waals surface area (Å²) >= 11 is 0. The maximum absolute atomic E-state index is 9.11. The molecule has 1 rings (SSSR count). The molecule has 0 spiro atoms. The van der Waals surface area contributed by atoms with E-state index in [1.54, 1.807) is 0 Å². The van der Waals surface area contributed by atoms with Crippen LogP contribution in [0.3, 0.4) is 0 Å².